The zero-order valence-corrected chi connectivity index (χ0v) is 12.8. The number of amides is 1. The smallest absolute Gasteiger partial charge is 0.422 e. The third kappa shape index (κ3) is 6.27. The Morgan fingerprint density at radius 3 is 2.38 bits per heavy atom. The van der Waals surface area contributed by atoms with Crippen molar-refractivity contribution in [1.29, 1.82) is 0 Å². The van der Waals surface area contributed by atoms with Gasteiger partial charge in [-0.15, -0.1) is 0 Å². The Balaban J connectivity index is 2.45. The van der Waals surface area contributed by atoms with Crippen LogP contribution in [0.15, 0.2) is 0 Å². The summed E-state index contributed by atoms with van der Waals surface area (Å²) in [4.78, 5) is 21.7. The number of carboxylic acids is 1. The summed E-state index contributed by atoms with van der Waals surface area (Å²) in [6.07, 6.45) is -0.999. The number of aliphatic carboxylic acids is 1. The van der Waals surface area contributed by atoms with Gasteiger partial charge in [-0.1, -0.05) is 0 Å². The van der Waals surface area contributed by atoms with Crippen LogP contribution in [0.25, 0.3) is 0 Å². The first kappa shape index (κ1) is 17.7. The average molecular weight is 324 g/mol. The van der Waals surface area contributed by atoms with E-state index in [9.17, 15) is 18.0 Å². The normalized spacial score (nSPS) is 17.7. The third-order valence-corrected chi connectivity index (χ3v) is 4.21. The predicted molar refractivity (Wildman–Crippen MR) is 71.9 cm³/mol. The molecule has 0 atom stereocenters. The van der Waals surface area contributed by atoms with E-state index in [0.29, 0.717) is 12.8 Å². The van der Waals surface area contributed by atoms with Crippen molar-refractivity contribution < 1.29 is 32.6 Å². The minimum absolute atomic E-state index is 0.147. The van der Waals surface area contributed by atoms with Gasteiger partial charge in [0.1, 0.15) is 6.61 Å². The fraction of sp³-hybridized carbons (Fsp3) is 0.818. The summed E-state index contributed by atoms with van der Waals surface area (Å²) in [5.41, 5.74) is 0. The zero-order chi connectivity index (χ0) is 16.0. The molecule has 122 valence electrons. The first-order valence-corrected chi connectivity index (χ1v) is 7.96. The lowest BCUT2D eigenvalue weighted by Crippen LogP contribution is -2.48. The van der Waals surface area contributed by atoms with Crippen LogP contribution >= 0.6 is 0 Å². The van der Waals surface area contributed by atoms with Gasteiger partial charge in [-0.2, -0.15) is 12.7 Å². The fourth-order valence-corrected chi connectivity index (χ4v) is 2.92. The van der Waals surface area contributed by atoms with Crippen molar-refractivity contribution in [2.45, 2.75) is 38.9 Å². The van der Waals surface area contributed by atoms with Crippen molar-refractivity contribution in [3.05, 3.63) is 0 Å². The standard InChI is InChI=1S/C11H20N2O7S/c1-8(2)20-11(16)12-21(17,18)13-5-3-9(4-6-13)19-7-10(14)15/h8-9H,3-7H2,1-2H3,(H,12,16)(H,14,15). The van der Waals surface area contributed by atoms with Gasteiger partial charge in [0, 0.05) is 13.1 Å². The molecule has 0 bridgehead atoms. The van der Waals surface area contributed by atoms with Crippen molar-refractivity contribution >= 4 is 22.3 Å². The van der Waals surface area contributed by atoms with Crippen molar-refractivity contribution in [2.24, 2.45) is 0 Å². The quantitative estimate of drug-likeness (QED) is 0.701. The predicted octanol–water partition coefficient (Wildman–Crippen LogP) is -0.0686. The molecule has 1 saturated heterocycles. The van der Waals surface area contributed by atoms with Crippen molar-refractivity contribution in [3.63, 3.8) is 0 Å². The summed E-state index contributed by atoms with van der Waals surface area (Å²) >= 11 is 0. The topological polar surface area (TPSA) is 122 Å². The van der Waals surface area contributed by atoms with Gasteiger partial charge in [0.15, 0.2) is 0 Å². The third-order valence-electron chi connectivity index (χ3n) is 2.74. The molecule has 0 spiro atoms. The van der Waals surface area contributed by atoms with Gasteiger partial charge < -0.3 is 14.6 Å². The maximum absolute atomic E-state index is 11.9. The van der Waals surface area contributed by atoms with Gasteiger partial charge >= 0.3 is 22.3 Å². The molecule has 0 aromatic rings. The van der Waals surface area contributed by atoms with E-state index in [2.05, 4.69) is 0 Å². The van der Waals surface area contributed by atoms with Gasteiger partial charge in [0.2, 0.25) is 0 Å². The van der Waals surface area contributed by atoms with Crippen LogP contribution in [0.3, 0.4) is 0 Å². The van der Waals surface area contributed by atoms with Crippen LogP contribution < -0.4 is 4.72 Å². The molecule has 2 N–H and O–H groups in total. The number of nitrogens with one attached hydrogen (secondary N) is 1. The highest BCUT2D eigenvalue weighted by molar-refractivity contribution is 7.87. The summed E-state index contributed by atoms with van der Waals surface area (Å²) < 4.78 is 36.6. The van der Waals surface area contributed by atoms with Gasteiger partial charge in [-0.3, -0.25) is 0 Å². The Morgan fingerprint density at radius 1 is 1.33 bits per heavy atom. The molecule has 0 unspecified atom stereocenters. The van der Waals surface area contributed by atoms with Crippen LogP contribution in [0.4, 0.5) is 4.79 Å². The Kier molecular flexibility index (Phi) is 6.37. The second-order valence-electron chi connectivity index (χ2n) is 4.86. The highest BCUT2D eigenvalue weighted by Crippen LogP contribution is 2.16. The van der Waals surface area contributed by atoms with Crippen molar-refractivity contribution in [2.75, 3.05) is 19.7 Å². The Hall–Kier alpha value is -1.39. The molecule has 1 fully saturated rings. The molecule has 0 radical (unpaired) electrons. The molecule has 1 aliphatic heterocycles. The molecule has 0 aliphatic carbocycles. The maximum atomic E-state index is 11.9. The zero-order valence-electron chi connectivity index (χ0n) is 11.9. The van der Waals surface area contributed by atoms with Crippen LogP contribution in [0.5, 0.6) is 0 Å². The minimum atomic E-state index is -3.95. The summed E-state index contributed by atoms with van der Waals surface area (Å²) in [5.74, 6) is -1.07. The summed E-state index contributed by atoms with van der Waals surface area (Å²) in [7, 11) is -3.95. The van der Waals surface area contributed by atoms with E-state index in [1.807, 2.05) is 4.72 Å². The number of rotatable bonds is 6. The van der Waals surface area contributed by atoms with Gasteiger partial charge in [0.25, 0.3) is 0 Å². The maximum Gasteiger partial charge on any atom is 0.422 e. The molecule has 1 amide bonds. The molecule has 0 aromatic heterocycles. The second kappa shape index (κ2) is 7.57. The molecule has 1 rings (SSSR count). The van der Waals surface area contributed by atoms with Crippen LogP contribution in [0.2, 0.25) is 0 Å². The highest BCUT2D eigenvalue weighted by Gasteiger charge is 2.30. The monoisotopic (exact) mass is 324 g/mol. The molecular formula is C11H20N2O7S. The molecule has 1 aliphatic rings. The van der Waals surface area contributed by atoms with E-state index < -0.39 is 35.0 Å². The first-order chi connectivity index (χ1) is 9.70. The molecule has 21 heavy (non-hydrogen) atoms. The number of carbonyl (C=O) groups is 2. The Bertz CT molecular complexity index is 469. The summed E-state index contributed by atoms with van der Waals surface area (Å²) in [5, 5.41) is 8.50. The van der Waals surface area contributed by atoms with Crippen molar-refractivity contribution in [3.8, 4) is 0 Å². The number of ether oxygens (including phenoxy) is 2. The molecule has 0 saturated carbocycles. The van der Waals surface area contributed by atoms with Crippen LogP contribution in [-0.4, -0.2) is 61.8 Å². The lowest BCUT2D eigenvalue weighted by molar-refractivity contribution is -0.145. The molecule has 9 nitrogen and oxygen atoms in total. The van der Waals surface area contributed by atoms with E-state index >= 15 is 0 Å². The number of nitrogens with zero attached hydrogens (tertiary/aromatic N) is 1. The van der Waals surface area contributed by atoms with Crippen LogP contribution in [0, 0.1) is 0 Å². The molecule has 10 heteroatoms. The van der Waals surface area contributed by atoms with Gasteiger partial charge in [0.05, 0.1) is 12.2 Å². The second-order valence-corrected chi connectivity index (χ2v) is 6.53. The summed E-state index contributed by atoms with van der Waals surface area (Å²) in [6, 6.07) is 0. The number of hydrogen-bond acceptors (Lipinski definition) is 6. The first-order valence-electron chi connectivity index (χ1n) is 6.52. The average Bonchev–Trinajstić information content (AvgIpc) is 2.35. The van der Waals surface area contributed by atoms with E-state index in [0.717, 1.165) is 4.31 Å². The Morgan fingerprint density at radius 2 is 1.90 bits per heavy atom. The minimum Gasteiger partial charge on any atom is -0.480 e. The lowest BCUT2D eigenvalue weighted by atomic mass is 10.1. The van der Waals surface area contributed by atoms with Crippen LogP contribution in [0.1, 0.15) is 26.7 Å². The number of piperidine rings is 1. The summed E-state index contributed by atoms with van der Waals surface area (Å²) in [6.45, 7) is 3.11. The Labute approximate surface area is 123 Å². The van der Waals surface area contributed by atoms with E-state index in [1.54, 1.807) is 13.8 Å². The molecular weight excluding hydrogens is 304 g/mol. The van der Waals surface area contributed by atoms with Gasteiger partial charge in [-0.25, -0.2) is 14.3 Å². The fourth-order valence-electron chi connectivity index (χ4n) is 1.84. The SMILES string of the molecule is CC(C)OC(=O)NS(=O)(=O)N1CCC(OCC(=O)O)CC1. The number of carbonyl (C=O) groups excluding carboxylic acids is 1. The number of hydrogen-bond donors (Lipinski definition) is 2. The molecule has 0 aromatic carbocycles. The van der Waals surface area contributed by atoms with Gasteiger partial charge in [-0.05, 0) is 26.7 Å². The van der Waals surface area contributed by atoms with E-state index in [4.69, 9.17) is 14.6 Å². The highest BCUT2D eigenvalue weighted by atomic mass is 32.2. The van der Waals surface area contributed by atoms with E-state index in [-0.39, 0.29) is 19.2 Å². The van der Waals surface area contributed by atoms with Crippen molar-refractivity contribution in [1.82, 2.24) is 9.03 Å². The van der Waals surface area contributed by atoms with E-state index in [1.165, 1.54) is 0 Å². The molecule has 1 heterocycles. The lowest BCUT2D eigenvalue weighted by Gasteiger charge is -2.30. The largest absolute Gasteiger partial charge is 0.480 e. The van der Waals surface area contributed by atoms with Crippen LogP contribution in [-0.2, 0) is 24.5 Å². The number of carboxylic acid groups (broad SMARTS) is 1.